The highest BCUT2D eigenvalue weighted by atomic mass is 16.7. The molecule has 1 saturated heterocycles. The van der Waals surface area contributed by atoms with Crippen molar-refractivity contribution in [3.8, 4) is 0 Å². The summed E-state index contributed by atoms with van der Waals surface area (Å²) < 4.78 is 28.2. The molecule has 2 aromatic carbocycles. The van der Waals surface area contributed by atoms with E-state index >= 15 is 0 Å². The second-order valence-electron chi connectivity index (χ2n) is 7.65. The topological polar surface area (TPSA) is 100.0 Å². The van der Waals surface area contributed by atoms with Crippen LogP contribution in [0.1, 0.15) is 19.4 Å². The van der Waals surface area contributed by atoms with Crippen molar-refractivity contribution >= 4 is 23.2 Å². The van der Waals surface area contributed by atoms with Crippen LogP contribution in [-0.4, -0.2) is 57.6 Å². The first-order valence-corrected chi connectivity index (χ1v) is 10.8. The molecule has 1 fully saturated rings. The molecule has 0 spiro atoms. The van der Waals surface area contributed by atoms with Crippen molar-refractivity contribution in [3.63, 3.8) is 0 Å². The summed E-state index contributed by atoms with van der Waals surface area (Å²) in [6.45, 7) is 6.18. The average molecular weight is 458 g/mol. The molecule has 1 heterocycles. The molecule has 33 heavy (non-hydrogen) atoms. The Morgan fingerprint density at radius 3 is 2.33 bits per heavy atom. The number of anilines is 1. The molecule has 178 valence electrons. The first-order valence-electron chi connectivity index (χ1n) is 10.8. The molecule has 0 aromatic heterocycles. The zero-order valence-electron chi connectivity index (χ0n) is 19.6. The van der Waals surface area contributed by atoms with Crippen LogP contribution in [-0.2, 0) is 23.7 Å². The fourth-order valence-corrected chi connectivity index (χ4v) is 3.69. The molecule has 0 saturated carbocycles. The highest BCUT2D eigenvalue weighted by Gasteiger charge is 2.47. The van der Waals surface area contributed by atoms with Crippen molar-refractivity contribution in [1.29, 1.82) is 0 Å². The molecule has 1 N–H and O–H groups in total. The second-order valence-corrected chi connectivity index (χ2v) is 7.65. The number of amides is 1. The minimum Gasteiger partial charge on any atom is -0.416 e. The lowest BCUT2D eigenvalue weighted by Gasteiger charge is -2.43. The number of ether oxygens (including phenoxy) is 5. The van der Waals surface area contributed by atoms with Gasteiger partial charge in [0.1, 0.15) is 18.3 Å². The van der Waals surface area contributed by atoms with Crippen molar-refractivity contribution in [2.75, 3.05) is 26.1 Å². The van der Waals surface area contributed by atoms with Crippen LogP contribution in [0.5, 0.6) is 0 Å². The maximum absolute atomic E-state index is 12.5. The van der Waals surface area contributed by atoms with Gasteiger partial charge in [0, 0.05) is 26.5 Å². The van der Waals surface area contributed by atoms with E-state index in [0.717, 1.165) is 11.3 Å². The van der Waals surface area contributed by atoms with Gasteiger partial charge in [0.15, 0.2) is 0 Å². The summed E-state index contributed by atoms with van der Waals surface area (Å²) in [5.74, 6) is 0. The minimum atomic E-state index is -0.949. The maximum Gasteiger partial charge on any atom is 0.414 e. The van der Waals surface area contributed by atoms with Gasteiger partial charge in [-0.15, -0.1) is 0 Å². The Labute approximate surface area is 194 Å². The van der Waals surface area contributed by atoms with Gasteiger partial charge in [-0.25, -0.2) is 4.79 Å². The minimum absolute atomic E-state index is 0.348. The molecule has 3 rings (SSSR count). The van der Waals surface area contributed by atoms with Crippen molar-refractivity contribution in [2.24, 2.45) is 10.2 Å². The number of rotatable bonds is 8. The van der Waals surface area contributed by atoms with Gasteiger partial charge in [0.25, 0.3) is 0 Å². The molecule has 5 unspecified atom stereocenters. The second kappa shape index (κ2) is 11.9. The SMILES string of the molecule is CCOC1C(OC)C(C)OC(OC(=O)Nc2ccc(N=Nc3cccc(C)c3)cc2)C1OC. The van der Waals surface area contributed by atoms with Gasteiger partial charge in [-0.3, -0.25) is 5.32 Å². The van der Waals surface area contributed by atoms with Gasteiger partial charge in [0.2, 0.25) is 6.29 Å². The largest absolute Gasteiger partial charge is 0.416 e. The molecule has 0 bridgehead atoms. The average Bonchev–Trinajstić information content (AvgIpc) is 2.79. The fourth-order valence-electron chi connectivity index (χ4n) is 3.69. The van der Waals surface area contributed by atoms with Crippen LogP contribution in [0, 0.1) is 6.92 Å². The van der Waals surface area contributed by atoms with Crippen LogP contribution in [0.4, 0.5) is 21.9 Å². The number of hydrogen-bond donors (Lipinski definition) is 1. The zero-order chi connectivity index (χ0) is 23.8. The Hall–Kier alpha value is -2.85. The van der Waals surface area contributed by atoms with Crippen LogP contribution < -0.4 is 5.32 Å². The summed E-state index contributed by atoms with van der Waals surface area (Å²) in [7, 11) is 3.10. The summed E-state index contributed by atoms with van der Waals surface area (Å²) in [5, 5.41) is 11.1. The standard InChI is InChI=1S/C24H31N3O6/c1-6-31-21-20(29-4)16(3)32-23(22(21)30-5)33-24(28)25-17-10-12-18(13-11-17)26-27-19-9-7-8-15(2)14-19/h7-14,16,20-23H,6H2,1-5H3,(H,25,28). The lowest BCUT2D eigenvalue weighted by molar-refractivity contribution is -0.292. The van der Waals surface area contributed by atoms with E-state index < -0.39 is 24.6 Å². The molecule has 9 nitrogen and oxygen atoms in total. The number of azo groups is 1. The lowest BCUT2D eigenvalue weighted by Crippen LogP contribution is -2.60. The first-order chi connectivity index (χ1) is 15.9. The van der Waals surface area contributed by atoms with Gasteiger partial charge < -0.3 is 23.7 Å². The molecule has 2 aromatic rings. The summed E-state index contributed by atoms with van der Waals surface area (Å²) in [6, 6.07) is 14.7. The van der Waals surface area contributed by atoms with E-state index in [1.165, 1.54) is 7.11 Å². The fraction of sp³-hybridized carbons (Fsp3) is 0.458. The number of aryl methyl sites for hydroxylation is 1. The van der Waals surface area contributed by atoms with Crippen molar-refractivity contribution < 1.29 is 28.5 Å². The molecule has 1 aliphatic heterocycles. The quantitative estimate of drug-likeness (QED) is 0.551. The number of nitrogens with one attached hydrogen (secondary N) is 1. The van der Waals surface area contributed by atoms with Gasteiger partial charge in [-0.05, 0) is 62.7 Å². The Balaban J connectivity index is 1.60. The third-order valence-corrected chi connectivity index (χ3v) is 5.25. The summed E-state index contributed by atoms with van der Waals surface area (Å²) >= 11 is 0. The molecular formula is C24H31N3O6. The molecule has 0 radical (unpaired) electrons. The lowest BCUT2D eigenvalue weighted by atomic mass is 9.99. The van der Waals surface area contributed by atoms with Gasteiger partial charge >= 0.3 is 6.09 Å². The molecule has 1 amide bonds. The molecule has 1 aliphatic rings. The van der Waals surface area contributed by atoms with Gasteiger partial charge in [-0.2, -0.15) is 10.2 Å². The predicted octanol–water partition coefficient (Wildman–Crippen LogP) is 5.14. The predicted molar refractivity (Wildman–Crippen MR) is 123 cm³/mol. The number of methoxy groups -OCH3 is 2. The Morgan fingerprint density at radius 2 is 1.70 bits per heavy atom. The molecule has 0 aliphatic carbocycles. The van der Waals surface area contributed by atoms with Crippen LogP contribution in [0.3, 0.4) is 0 Å². The first kappa shape index (κ1) is 24.8. The number of benzene rings is 2. The highest BCUT2D eigenvalue weighted by Crippen LogP contribution is 2.28. The summed E-state index contributed by atoms with van der Waals surface area (Å²) in [6.07, 6.45) is -3.40. The van der Waals surface area contributed by atoms with E-state index in [1.54, 1.807) is 31.4 Å². The maximum atomic E-state index is 12.5. The summed E-state index contributed by atoms with van der Waals surface area (Å²) in [5.41, 5.74) is 3.09. The normalized spacial score (nSPS) is 25.2. The monoisotopic (exact) mass is 457 g/mol. The van der Waals surface area contributed by atoms with E-state index in [1.807, 2.05) is 45.0 Å². The van der Waals surface area contributed by atoms with Gasteiger partial charge in [-0.1, -0.05) is 12.1 Å². The molecule has 5 atom stereocenters. The highest BCUT2D eigenvalue weighted by molar-refractivity contribution is 5.84. The number of carbonyl (C=O) groups is 1. The van der Waals surface area contributed by atoms with Crippen molar-refractivity contribution in [2.45, 2.75) is 51.5 Å². The van der Waals surface area contributed by atoms with Crippen molar-refractivity contribution in [1.82, 2.24) is 0 Å². The Bertz CT molecular complexity index is 936. The smallest absolute Gasteiger partial charge is 0.414 e. The molecular weight excluding hydrogens is 426 g/mol. The van der Waals surface area contributed by atoms with E-state index in [-0.39, 0.29) is 12.2 Å². The van der Waals surface area contributed by atoms with E-state index in [0.29, 0.717) is 18.0 Å². The van der Waals surface area contributed by atoms with E-state index in [2.05, 4.69) is 15.5 Å². The number of nitrogens with zero attached hydrogens (tertiary/aromatic N) is 2. The Morgan fingerprint density at radius 1 is 1.00 bits per heavy atom. The number of hydrogen-bond acceptors (Lipinski definition) is 8. The Kier molecular flexibility index (Phi) is 8.90. The van der Waals surface area contributed by atoms with E-state index in [9.17, 15) is 4.79 Å². The van der Waals surface area contributed by atoms with Crippen molar-refractivity contribution in [3.05, 3.63) is 54.1 Å². The van der Waals surface area contributed by atoms with Crippen LogP contribution in [0.25, 0.3) is 0 Å². The third kappa shape index (κ3) is 6.58. The van der Waals surface area contributed by atoms with Gasteiger partial charge in [0.05, 0.1) is 17.5 Å². The number of carbonyl (C=O) groups excluding carboxylic acids is 1. The molecule has 9 heteroatoms. The van der Waals surface area contributed by atoms with Crippen LogP contribution >= 0.6 is 0 Å². The van der Waals surface area contributed by atoms with Crippen LogP contribution in [0.2, 0.25) is 0 Å². The summed E-state index contributed by atoms with van der Waals surface area (Å²) in [4.78, 5) is 12.5. The van der Waals surface area contributed by atoms with E-state index in [4.69, 9.17) is 23.7 Å². The van der Waals surface area contributed by atoms with Crippen LogP contribution in [0.15, 0.2) is 58.8 Å². The zero-order valence-corrected chi connectivity index (χ0v) is 19.6. The third-order valence-electron chi connectivity index (χ3n) is 5.25.